The highest BCUT2D eigenvalue weighted by molar-refractivity contribution is 6.35. The lowest BCUT2D eigenvalue weighted by atomic mass is 10.0. The van der Waals surface area contributed by atoms with Crippen molar-refractivity contribution in [2.24, 2.45) is 0 Å². The largest absolute Gasteiger partial charge is 0.382 e. The number of nitrogens with one attached hydrogen (secondary N) is 2. The van der Waals surface area contributed by atoms with E-state index in [0.29, 0.717) is 11.3 Å². The van der Waals surface area contributed by atoms with Crippen molar-refractivity contribution in [3.63, 3.8) is 0 Å². The Bertz CT molecular complexity index is 1640. The lowest BCUT2D eigenvalue weighted by molar-refractivity contribution is 0.746. The van der Waals surface area contributed by atoms with Gasteiger partial charge in [0.1, 0.15) is 29.3 Å². The van der Waals surface area contributed by atoms with E-state index in [1.54, 1.807) is 30.5 Å². The van der Waals surface area contributed by atoms with Crippen LogP contribution in [0.3, 0.4) is 0 Å². The van der Waals surface area contributed by atoms with Crippen LogP contribution >= 0.6 is 11.6 Å². The number of nitrogen functional groups attached to an aromatic ring is 2. The van der Waals surface area contributed by atoms with Crippen LogP contribution in [0.1, 0.15) is 23.0 Å². The molecule has 2 aromatic carbocycles. The third kappa shape index (κ3) is 3.88. The maximum Gasteiger partial charge on any atom is 0.268 e. The Hall–Kier alpha value is -4.95. The van der Waals surface area contributed by atoms with E-state index in [4.69, 9.17) is 28.1 Å². The van der Waals surface area contributed by atoms with Crippen molar-refractivity contribution in [3.8, 4) is 11.9 Å². The number of benzene rings is 2. The molecule has 5 rings (SSSR count). The van der Waals surface area contributed by atoms with E-state index in [-0.39, 0.29) is 39.4 Å². The van der Waals surface area contributed by atoms with E-state index in [2.05, 4.69) is 25.5 Å². The summed E-state index contributed by atoms with van der Waals surface area (Å²) in [6.07, 6.45) is 1.59. The standard InChI is InChI=1S/C23H17ClN10O/c24-14-7-4-8-15-17(14)22(35)34(16-9-10-28-33-16)21(29-15)18(12-5-2-1-3-6-12)30-20-13(11-25)19(26)31-23(27)32-20/h1-10,18H,(H,28,33)(H5,26,27,30,31,32)/t18-/m0/s1. The Balaban J connectivity index is 1.83. The number of hydrogen-bond acceptors (Lipinski definition) is 9. The quantitative estimate of drug-likeness (QED) is 0.292. The van der Waals surface area contributed by atoms with Crippen molar-refractivity contribution in [1.82, 2.24) is 29.7 Å². The summed E-state index contributed by atoms with van der Waals surface area (Å²) in [5.74, 6) is 0.503. The van der Waals surface area contributed by atoms with Gasteiger partial charge in [0.25, 0.3) is 5.56 Å². The number of anilines is 3. The fraction of sp³-hybridized carbons (Fsp3) is 0.0435. The fourth-order valence-corrected chi connectivity index (χ4v) is 4.04. The molecule has 6 N–H and O–H groups in total. The molecule has 0 fully saturated rings. The molecular weight excluding hydrogens is 468 g/mol. The number of nitrogens with two attached hydrogens (primary N) is 2. The van der Waals surface area contributed by atoms with Gasteiger partial charge in [0.15, 0.2) is 11.6 Å². The number of aromatic nitrogens is 6. The number of H-pyrrole nitrogens is 1. The first-order valence-corrected chi connectivity index (χ1v) is 10.7. The average molecular weight is 485 g/mol. The Morgan fingerprint density at radius 1 is 1.06 bits per heavy atom. The van der Waals surface area contributed by atoms with Gasteiger partial charge in [-0.05, 0) is 17.7 Å². The summed E-state index contributed by atoms with van der Waals surface area (Å²) in [6, 6.07) is 17.1. The van der Waals surface area contributed by atoms with Gasteiger partial charge < -0.3 is 16.8 Å². The molecule has 0 bridgehead atoms. The van der Waals surface area contributed by atoms with Crippen LogP contribution in [0.25, 0.3) is 16.7 Å². The van der Waals surface area contributed by atoms with Crippen molar-refractivity contribution in [2.45, 2.75) is 6.04 Å². The van der Waals surface area contributed by atoms with Gasteiger partial charge in [0, 0.05) is 12.3 Å². The molecule has 0 saturated carbocycles. The van der Waals surface area contributed by atoms with Crippen LogP contribution in [0, 0.1) is 11.3 Å². The lowest BCUT2D eigenvalue weighted by Gasteiger charge is -2.23. The van der Waals surface area contributed by atoms with Crippen molar-refractivity contribution in [3.05, 3.63) is 93.1 Å². The van der Waals surface area contributed by atoms with Crippen LogP contribution in [0.4, 0.5) is 17.6 Å². The highest BCUT2D eigenvalue weighted by Gasteiger charge is 2.26. The summed E-state index contributed by atoms with van der Waals surface area (Å²) in [5.41, 5.74) is 12.4. The fourth-order valence-electron chi connectivity index (χ4n) is 3.79. The van der Waals surface area contributed by atoms with Crippen molar-refractivity contribution in [1.29, 1.82) is 5.26 Å². The maximum absolute atomic E-state index is 13.7. The number of hydrogen-bond donors (Lipinski definition) is 4. The number of aromatic amines is 1. The summed E-state index contributed by atoms with van der Waals surface area (Å²) >= 11 is 6.37. The molecule has 3 heterocycles. The summed E-state index contributed by atoms with van der Waals surface area (Å²) in [5, 5.41) is 20.3. The van der Waals surface area contributed by atoms with Crippen LogP contribution in [0.15, 0.2) is 65.6 Å². The van der Waals surface area contributed by atoms with Crippen molar-refractivity contribution >= 4 is 40.1 Å². The Labute approximate surface area is 203 Å². The van der Waals surface area contributed by atoms with Crippen LogP contribution < -0.4 is 22.3 Å². The molecule has 1 atom stereocenters. The average Bonchev–Trinajstić information content (AvgIpc) is 3.37. The topological polar surface area (TPSA) is 177 Å². The molecule has 35 heavy (non-hydrogen) atoms. The minimum Gasteiger partial charge on any atom is -0.382 e. The Kier molecular flexibility index (Phi) is 5.48. The normalized spacial score (nSPS) is 11.8. The van der Waals surface area contributed by atoms with E-state index < -0.39 is 11.6 Å². The molecule has 0 saturated heterocycles. The second-order valence-corrected chi connectivity index (χ2v) is 7.87. The molecule has 0 aliphatic carbocycles. The Morgan fingerprint density at radius 3 is 2.57 bits per heavy atom. The van der Waals surface area contributed by atoms with Gasteiger partial charge in [-0.1, -0.05) is 48.0 Å². The van der Waals surface area contributed by atoms with E-state index >= 15 is 0 Å². The van der Waals surface area contributed by atoms with Crippen molar-refractivity contribution < 1.29 is 0 Å². The number of rotatable bonds is 5. The van der Waals surface area contributed by atoms with E-state index in [1.165, 1.54) is 4.57 Å². The number of halogens is 1. The predicted octanol–water partition coefficient (Wildman–Crippen LogP) is 2.79. The molecule has 0 unspecified atom stereocenters. The number of nitriles is 1. The van der Waals surface area contributed by atoms with Crippen LogP contribution in [0.5, 0.6) is 0 Å². The van der Waals surface area contributed by atoms with Gasteiger partial charge in [-0.2, -0.15) is 20.3 Å². The van der Waals surface area contributed by atoms with E-state index in [9.17, 15) is 10.1 Å². The Morgan fingerprint density at radius 2 is 1.86 bits per heavy atom. The molecule has 0 spiro atoms. The van der Waals surface area contributed by atoms with Gasteiger partial charge in [-0.15, -0.1) is 0 Å². The third-order valence-electron chi connectivity index (χ3n) is 5.33. The monoisotopic (exact) mass is 484 g/mol. The SMILES string of the molecule is N#Cc1c(N)nc(N)nc1N[C@@H](c1ccccc1)c1nc2cccc(Cl)c2c(=O)n1-c1cc[nH]n1. The molecule has 0 radical (unpaired) electrons. The van der Waals surface area contributed by atoms with Gasteiger partial charge in [0.05, 0.1) is 15.9 Å². The van der Waals surface area contributed by atoms with Crippen LogP contribution in [0.2, 0.25) is 5.02 Å². The maximum atomic E-state index is 13.7. The molecule has 3 aromatic heterocycles. The molecule has 0 amide bonds. The summed E-state index contributed by atoms with van der Waals surface area (Å²) in [4.78, 5) is 26.6. The second-order valence-electron chi connectivity index (χ2n) is 7.47. The zero-order valence-corrected chi connectivity index (χ0v) is 18.7. The molecule has 5 aromatic rings. The molecule has 172 valence electrons. The minimum absolute atomic E-state index is 0.0117. The smallest absolute Gasteiger partial charge is 0.268 e. The highest BCUT2D eigenvalue weighted by Crippen LogP contribution is 2.30. The predicted molar refractivity (Wildman–Crippen MR) is 132 cm³/mol. The van der Waals surface area contributed by atoms with Gasteiger partial charge in [0.2, 0.25) is 5.95 Å². The van der Waals surface area contributed by atoms with Crippen molar-refractivity contribution in [2.75, 3.05) is 16.8 Å². The van der Waals surface area contributed by atoms with Crippen LogP contribution in [-0.2, 0) is 0 Å². The summed E-state index contributed by atoms with van der Waals surface area (Å²) in [6.45, 7) is 0. The zero-order valence-electron chi connectivity index (χ0n) is 18.0. The van der Waals surface area contributed by atoms with Gasteiger partial charge in [-0.3, -0.25) is 9.89 Å². The number of nitrogens with zero attached hydrogens (tertiary/aromatic N) is 6. The molecule has 12 heteroatoms. The highest BCUT2D eigenvalue weighted by atomic mass is 35.5. The van der Waals surface area contributed by atoms with Gasteiger partial charge >= 0.3 is 0 Å². The first-order chi connectivity index (χ1) is 17.0. The lowest BCUT2D eigenvalue weighted by Crippen LogP contribution is -2.29. The molecule has 11 nitrogen and oxygen atoms in total. The molecule has 0 aliphatic rings. The number of fused-ring (bicyclic) bond motifs is 1. The first kappa shape index (κ1) is 21.9. The summed E-state index contributed by atoms with van der Waals surface area (Å²) in [7, 11) is 0. The summed E-state index contributed by atoms with van der Waals surface area (Å²) < 4.78 is 1.36. The van der Waals surface area contributed by atoms with Gasteiger partial charge in [-0.25, -0.2) is 9.55 Å². The van der Waals surface area contributed by atoms with E-state index in [0.717, 1.165) is 5.56 Å². The first-order valence-electron chi connectivity index (χ1n) is 10.3. The third-order valence-corrected chi connectivity index (χ3v) is 5.64. The second kappa shape index (κ2) is 8.77. The molecular formula is C23H17ClN10O. The minimum atomic E-state index is -0.773. The molecule has 0 aliphatic heterocycles. The van der Waals surface area contributed by atoms with Crippen LogP contribution in [-0.4, -0.2) is 29.7 Å². The zero-order chi connectivity index (χ0) is 24.5. The van der Waals surface area contributed by atoms with E-state index in [1.807, 2.05) is 36.4 Å².